The summed E-state index contributed by atoms with van der Waals surface area (Å²) in [4.78, 5) is 43.2. The minimum Gasteiger partial charge on any atom is -0.494 e. The van der Waals surface area contributed by atoms with Crippen LogP contribution in [0.3, 0.4) is 0 Å². The molecule has 0 aliphatic heterocycles. The normalized spacial score (nSPS) is 22.2. The van der Waals surface area contributed by atoms with Crippen molar-refractivity contribution in [1.82, 2.24) is 20.1 Å². The molecule has 2 aromatic heterocycles. The van der Waals surface area contributed by atoms with Crippen molar-refractivity contribution in [1.29, 1.82) is 0 Å². The van der Waals surface area contributed by atoms with E-state index in [4.69, 9.17) is 21.1 Å². The van der Waals surface area contributed by atoms with Crippen LogP contribution in [-0.4, -0.2) is 61.6 Å². The van der Waals surface area contributed by atoms with E-state index in [1.807, 2.05) is 49.8 Å². The van der Waals surface area contributed by atoms with E-state index in [2.05, 4.69) is 46.7 Å². The summed E-state index contributed by atoms with van der Waals surface area (Å²) in [6, 6.07) is 21.4. The molecule has 12 nitrogen and oxygen atoms in total. The lowest BCUT2D eigenvalue weighted by atomic mass is 9.59. The number of carboxylic acid groups (broad SMARTS) is 2. The number of carboxylic acids is 2. The van der Waals surface area contributed by atoms with Crippen molar-refractivity contribution in [2.45, 2.75) is 107 Å². The molecule has 1 fully saturated rings. The average molecular weight is 889 g/mol. The fourth-order valence-electron chi connectivity index (χ4n) is 10.6. The molecule has 336 valence electrons. The van der Waals surface area contributed by atoms with E-state index in [0.717, 1.165) is 54.7 Å². The van der Waals surface area contributed by atoms with Crippen molar-refractivity contribution >= 4 is 35.1 Å². The average Bonchev–Trinajstić information content (AvgIpc) is 3.84. The van der Waals surface area contributed by atoms with Crippen molar-refractivity contribution in [2.75, 3.05) is 18.5 Å². The molecule has 0 radical (unpaired) electrons. The lowest BCUT2D eigenvalue weighted by Gasteiger charge is -2.47. The van der Waals surface area contributed by atoms with Gasteiger partial charge in [-0.2, -0.15) is 5.10 Å². The third kappa shape index (κ3) is 9.62. The Kier molecular flexibility index (Phi) is 13.3. The number of hydrogen-bond donors (Lipinski definition) is 4. The fourth-order valence-corrected chi connectivity index (χ4v) is 10.8. The second-order valence-electron chi connectivity index (χ2n) is 18.3. The maximum absolute atomic E-state index is 13.1. The highest BCUT2D eigenvalue weighted by atomic mass is 35.5. The Morgan fingerprint density at radius 3 is 2.55 bits per heavy atom. The van der Waals surface area contributed by atoms with Crippen molar-refractivity contribution < 1.29 is 34.1 Å². The largest absolute Gasteiger partial charge is 0.494 e. The molecule has 3 aliphatic carbocycles. The summed E-state index contributed by atoms with van der Waals surface area (Å²) in [7, 11) is 1.81. The Morgan fingerprint density at radius 1 is 0.984 bits per heavy atom. The number of fused-ring (bicyclic) bond motifs is 3. The summed E-state index contributed by atoms with van der Waals surface area (Å²) in [6.07, 6.45) is 13.1. The molecule has 1 saturated carbocycles. The fraction of sp³-hybridized carbons (Fsp3) is 0.431. The second-order valence-corrected chi connectivity index (χ2v) is 18.8. The highest BCUT2D eigenvalue weighted by Crippen LogP contribution is 2.57. The van der Waals surface area contributed by atoms with Gasteiger partial charge in [0, 0.05) is 53.4 Å². The minimum atomic E-state index is -1.21. The molecule has 3 aromatic carbocycles. The van der Waals surface area contributed by atoms with Gasteiger partial charge >= 0.3 is 11.9 Å². The monoisotopic (exact) mass is 887 g/mol. The first-order valence-corrected chi connectivity index (χ1v) is 23.0. The number of halogens is 1. The van der Waals surface area contributed by atoms with Crippen LogP contribution in [0.5, 0.6) is 11.5 Å². The molecular weight excluding hydrogens is 830 g/mol. The Labute approximate surface area is 379 Å². The molecule has 2 unspecified atom stereocenters. The predicted octanol–water partition coefficient (Wildman–Crippen LogP) is 9.70. The summed E-state index contributed by atoms with van der Waals surface area (Å²) in [6.45, 7) is 5.35. The van der Waals surface area contributed by atoms with Gasteiger partial charge in [-0.25, -0.2) is 9.59 Å². The van der Waals surface area contributed by atoms with Crippen LogP contribution in [-0.2, 0) is 39.7 Å². The van der Waals surface area contributed by atoms with E-state index in [9.17, 15) is 24.6 Å². The Morgan fingerprint density at radius 2 is 1.80 bits per heavy atom. The maximum atomic E-state index is 13.1. The van der Waals surface area contributed by atoms with Crippen LogP contribution in [0, 0.1) is 11.8 Å². The summed E-state index contributed by atoms with van der Waals surface area (Å²) >= 11 is 6.31. The standard InChI is InChI=1S/C51H58ClN5O7/c1-32(31-64-44-17-22-53-43-13-4-8-33(2)46(43)44)24-38-26-35-15-16-41(28-42(35)50(38)18-20-51(21-19-50,49(61)62)56-40-12-6-11-39(52)27-40)63-23-7-14-45(58)55-47(48(59)60)36-10-5-9-34(25-36)37-29-54-57(3)30-37/h5-6,9-12,15-17,22,25,27-30,32-33,38,47,56H,4,7-8,13-14,18-21,23-24,26,31H2,1-3H3,(H,55,58)(H,59,60)(H,61,62)/t32-,33-,38?,47?,50?,51?/m1/s1. The van der Waals surface area contributed by atoms with E-state index in [0.29, 0.717) is 66.7 Å². The molecule has 4 atom stereocenters. The number of pyridine rings is 1. The number of amides is 1. The number of ether oxygens (including phenoxy) is 2. The number of aryl methyl sites for hydroxylation is 2. The number of anilines is 1. The van der Waals surface area contributed by atoms with E-state index >= 15 is 0 Å². The van der Waals surface area contributed by atoms with Gasteiger partial charge in [-0.1, -0.05) is 55.8 Å². The number of carbonyl (C=O) groups excluding carboxylic acids is 1. The van der Waals surface area contributed by atoms with Gasteiger partial charge in [0.05, 0.1) is 19.4 Å². The van der Waals surface area contributed by atoms with Gasteiger partial charge in [0.2, 0.25) is 5.91 Å². The first-order chi connectivity index (χ1) is 30.8. The second kappa shape index (κ2) is 19.1. The zero-order chi connectivity index (χ0) is 45.0. The molecule has 8 rings (SSSR count). The highest BCUT2D eigenvalue weighted by Gasteiger charge is 2.54. The number of aliphatic carboxylic acids is 2. The summed E-state index contributed by atoms with van der Waals surface area (Å²) in [5.41, 5.74) is 6.24. The number of nitrogens with zero attached hydrogens (tertiary/aromatic N) is 3. The van der Waals surface area contributed by atoms with Crippen molar-refractivity contribution in [3.8, 4) is 22.6 Å². The van der Waals surface area contributed by atoms with Crippen LogP contribution in [0.4, 0.5) is 5.69 Å². The molecule has 3 aliphatic rings. The molecule has 5 aromatic rings. The number of nitrogens with one attached hydrogen (secondary N) is 2. The maximum Gasteiger partial charge on any atom is 0.330 e. The zero-order valence-electron chi connectivity index (χ0n) is 36.8. The quantitative estimate of drug-likeness (QED) is 0.0661. The lowest BCUT2D eigenvalue weighted by molar-refractivity contribution is -0.144. The van der Waals surface area contributed by atoms with Gasteiger partial charge in [-0.05, 0) is 152 Å². The Balaban J connectivity index is 0.948. The van der Waals surface area contributed by atoms with Crippen molar-refractivity contribution in [3.63, 3.8) is 0 Å². The number of carbonyl (C=O) groups is 3. The predicted molar refractivity (Wildman–Crippen MR) is 246 cm³/mol. The highest BCUT2D eigenvalue weighted by molar-refractivity contribution is 6.30. The molecular formula is C51H58ClN5O7. The van der Waals surface area contributed by atoms with E-state index < -0.39 is 23.5 Å². The molecule has 1 amide bonds. The van der Waals surface area contributed by atoms with Gasteiger partial charge in [-0.15, -0.1) is 0 Å². The number of benzene rings is 3. The van der Waals surface area contributed by atoms with Gasteiger partial charge in [0.25, 0.3) is 0 Å². The first-order valence-electron chi connectivity index (χ1n) is 22.6. The SMILES string of the molecule is C[C@@H](COc1ccnc2c1[C@H](C)CCC2)CC1Cc2ccc(OCCCC(=O)NC(C(=O)O)c3cccc(-c4cnn(C)c4)c3)cc2C12CCC(Nc1cccc(Cl)c1)(C(=O)O)CC2. The molecule has 64 heavy (non-hydrogen) atoms. The smallest absolute Gasteiger partial charge is 0.330 e. The molecule has 1 spiro atoms. The van der Waals surface area contributed by atoms with Crippen LogP contribution in [0.2, 0.25) is 5.02 Å². The van der Waals surface area contributed by atoms with Crippen LogP contribution in [0.25, 0.3) is 11.1 Å². The van der Waals surface area contributed by atoms with Gasteiger partial charge < -0.3 is 30.3 Å². The van der Waals surface area contributed by atoms with Gasteiger partial charge in [0.1, 0.15) is 17.0 Å². The molecule has 13 heteroatoms. The van der Waals surface area contributed by atoms with Gasteiger partial charge in [-0.3, -0.25) is 14.5 Å². The van der Waals surface area contributed by atoms with Crippen LogP contribution in [0.1, 0.15) is 112 Å². The zero-order valence-corrected chi connectivity index (χ0v) is 37.6. The Hall–Kier alpha value is -5.88. The van der Waals surface area contributed by atoms with Crippen LogP contribution >= 0.6 is 11.6 Å². The van der Waals surface area contributed by atoms with E-state index in [-0.39, 0.29) is 36.2 Å². The topological polar surface area (TPSA) is 165 Å². The van der Waals surface area contributed by atoms with Crippen LogP contribution in [0.15, 0.2) is 91.4 Å². The van der Waals surface area contributed by atoms with Crippen molar-refractivity contribution in [3.05, 3.63) is 124 Å². The molecule has 0 bridgehead atoms. The number of aromatic nitrogens is 3. The van der Waals surface area contributed by atoms with Gasteiger partial charge in [0.15, 0.2) is 6.04 Å². The molecule has 4 N–H and O–H groups in total. The molecule has 0 saturated heterocycles. The minimum absolute atomic E-state index is 0.0844. The third-order valence-electron chi connectivity index (χ3n) is 13.9. The Bertz CT molecular complexity index is 2500. The third-order valence-corrected chi connectivity index (χ3v) is 14.1. The summed E-state index contributed by atoms with van der Waals surface area (Å²) < 4.78 is 14.6. The lowest BCUT2D eigenvalue weighted by Crippen LogP contribution is -2.53. The van der Waals surface area contributed by atoms with Crippen molar-refractivity contribution in [2.24, 2.45) is 18.9 Å². The number of rotatable bonds is 17. The van der Waals surface area contributed by atoms with E-state index in [1.54, 1.807) is 41.2 Å². The van der Waals surface area contributed by atoms with Crippen LogP contribution < -0.4 is 20.1 Å². The molecule has 2 heterocycles. The first kappa shape index (κ1) is 44.7. The summed E-state index contributed by atoms with van der Waals surface area (Å²) in [5, 5.41) is 31.6. The van der Waals surface area contributed by atoms with E-state index in [1.165, 1.54) is 16.7 Å². The number of hydrogen-bond acceptors (Lipinski definition) is 8. The summed E-state index contributed by atoms with van der Waals surface area (Å²) in [5.74, 6) is 0.140.